The van der Waals surface area contributed by atoms with Crippen LogP contribution in [0.4, 0.5) is 4.39 Å². The van der Waals surface area contributed by atoms with Gasteiger partial charge in [-0.25, -0.2) is 9.18 Å². The minimum absolute atomic E-state index is 0.0820. The molecular weight excluding hydrogens is 417 g/mol. The molecule has 1 aromatic carbocycles. The van der Waals surface area contributed by atoms with Gasteiger partial charge in [-0.05, 0) is 44.0 Å². The third kappa shape index (κ3) is 3.18. The molecule has 1 saturated heterocycles. The maximum atomic E-state index is 13.3. The quantitative estimate of drug-likeness (QED) is 0.441. The zero-order chi connectivity index (χ0) is 22.6. The number of carbonyl (C=O) groups excluding carboxylic acids is 1. The predicted molar refractivity (Wildman–Crippen MR) is 115 cm³/mol. The Bertz CT molecular complexity index is 1470. The lowest BCUT2D eigenvalue weighted by molar-refractivity contribution is 0.0967. The van der Waals surface area contributed by atoms with Crippen LogP contribution in [-0.2, 0) is 24.9 Å². The normalized spacial score (nSPS) is 16.4. The van der Waals surface area contributed by atoms with Gasteiger partial charge in [-0.2, -0.15) is 4.98 Å². The van der Waals surface area contributed by atoms with Gasteiger partial charge < -0.3 is 9.30 Å². The summed E-state index contributed by atoms with van der Waals surface area (Å²) in [7, 11) is 1.52. The number of benzene rings is 1. The van der Waals surface area contributed by atoms with Gasteiger partial charge in [-0.3, -0.25) is 23.1 Å². The van der Waals surface area contributed by atoms with Gasteiger partial charge in [0.05, 0.1) is 19.2 Å². The van der Waals surface area contributed by atoms with Crippen molar-refractivity contribution in [3.63, 3.8) is 0 Å². The molecule has 0 radical (unpaired) electrons. The molecule has 0 N–H and O–H groups in total. The maximum Gasteiger partial charge on any atom is 0.332 e. The van der Waals surface area contributed by atoms with E-state index in [0.717, 1.165) is 41.8 Å². The van der Waals surface area contributed by atoms with Crippen LogP contribution in [0.15, 0.2) is 40.1 Å². The van der Waals surface area contributed by atoms with E-state index in [1.54, 1.807) is 10.6 Å². The number of halogens is 1. The SMILES string of the molecule is Cc1cn2c3c(=O)n(CC(=O)c4ccc(F)cc4)c(=O)n(C)c3nc2n1C[C@@H]1CCCO1. The van der Waals surface area contributed by atoms with Crippen molar-refractivity contribution in [3.8, 4) is 0 Å². The van der Waals surface area contributed by atoms with Gasteiger partial charge in [0.15, 0.2) is 16.9 Å². The number of ketones is 1. The van der Waals surface area contributed by atoms with Crippen LogP contribution in [-0.4, -0.2) is 41.6 Å². The van der Waals surface area contributed by atoms with Crippen molar-refractivity contribution in [2.45, 2.75) is 39.0 Å². The van der Waals surface area contributed by atoms with Crippen LogP contribution in [0, 0.1) is 12.7 Å². The van der Waals surface area contributed by atoms with Crippen molar-refractivity contribution in [2.24, 2.45) is 7.05 Å². The fourth-order valence-corrected chi connectivity index (χ4v) is 4.28. The minimum atomic E-state index is -0.638. The Morgan fingerprint density at radius 2 is 1.97 bits per heavy atom. The molecule has 3 aromatic heterocycles. The maximum absolute atomic E-state index is 13.3. The van der Waals surface area contributed by atoms with E-state index in [4.69, 9.17) is 4.74 Å². The lowest BCUT2D eigenvalue weighted by atomic mass is 10.1. The number of Topliss-reactive ketones (excluding diaryl/α,β-unsaturated/α-hetero) is 1. The van der Waals surface area contributed by atoms with Gasteiger partial charge in [0.1, 0.15) is 5.82 Å². The topological polar surface area (TPSA) is 92.5 Å². The van der Waals surface area contributed by atoms with Crippen molar-refractivity contribution < 1.29 is 13.9 Å². The van der Waals surface area contributed by atoms with Crippen LogP contribution < -0.4 is 11.2 Å². The van der Waals surface area contributed by atoms with Gasteiger partial charge in [-0.1, -0.05) is 0 Å². The van der Waals surface area contributed by atoms with Gasteiger partial charge in [0.2, 0.25) is 5.78 Å². The third-order valence-electron chi connectivity index (χ3n) is 6.02. The monoisotopic (exact) mass is 439 g/mol. The van der Waals surface area contributed by atoms with E-state index in [1.165, 1.54) is 23.7 Å². The van der Waals surface area contributed by atoms with E-state index in [-0.39, 0.29) is 22.8 Å². The molecule has 1 atom stereocenters. The summed E-state index contributed by atoms with van der Waals surface area (Å²) in [4.78, 5) is 43.4. The molecule has 1 fully saturated rings. The summed E-state index contributed by atoms with van der Waals surface area (Å²) in [5.74, 6) is -0.389. The highest BCUT2D eigenvalue weighted by Gasteiger charge is 2.24. The summed E-state index contributed by atoms with van der Waals surface area (Å²) < 4.78 is 24.7. The highest BCUT2D eigenvalue weighted by Crippen LogP contribution is 2.20. The Labute approximate surface area is 181 Å². The zero-order valence-electron chi connectivity index (χ0n) is 17.7. The fourth-order valence-electron chi connectivity index (χ4n) is 4.28. The van der Waals surface area contributed by atoms with Crippen LogP contribution in [0.25, 0.3) is 16.9 Å². The number of imidazole rings is 2. The van der Waals surface area contributed by atoms with Gasteiger partial charge in [-0.15, -0.1) is 0 Å². The number of aryl methyl sites for hydroxylation is 2. The molecule has 4 heterocycles. The molecule has 4 aromatic rings. The van der Waals surface area contributed by atoms with Crippen LogP contribution in [0.5, 0.6) is 0 Å². The Kier molecular flexibility index (Phi) is 4.81. The Hall–Kier alpha value is -3.53. The second-order valence-electron chi connectivity index (χ2n) is 8.13. The average Bonchev–Trinajstić information content (AvgIpc) is 3.48. The summed E-state index contributed by atoms with van der Waals surface area (Å²) in [5.41, 5.74) is 0.371. The third-order valence-corrected chi connectivity index (χ3v) is 6.02. The van der Waals surface area contributed by atoms with Gasteiger partial charge in [0.25, 0.3) is 5.56 Å². The van der Waals surface area contributed by atoms with Crippen LogP contribution >= 0.6 is 0 Å². The van der Waals surface area contributed by atoms with Crippen LogP contribution in [0.2, 0.25) is 0 Å². The molecule has 1 aliphatic rings. The average molecular weight is 439 g/mol. The number of aromatic nitrogens is 5. The first kappa shape index (κ1) is 20.4. The Morgan fingerprint density at radius 3 is 2.66 bits per heavy atom. The van der Waals surface area contributed by atoms with Crippen LogP contribution in [0.1, 0.15) is 28.9 Å². The largest absolute Gasteiger partial charge is 0.376 e. The zero-order valence-corrected chi connectivity index (χ0v) is 17.7. The van der Waals surface area contributed by atoms with E-state index in [2.05, 4.69) is 4.98 Å². The minimum Gasteiger partial charge on any atom is -0.376 e. The first-order chi connectivity index (χ1) is 15.3. The number of carbonyl (C=O) groups is 1. The molecular formula is C22H22FN5O4. The predicted octanol–water partition coefficient (Wildman–Crippen LogP) is 1.66. The summed E-state index contributed by atoms with van der Waals surface area (Å²) in [6.45, 7) is 2.82. The van der Waals surface area contributed by atoms with Crippen molar-refractivity contribution >= 4 is 22.7 Å². The highest BCUT2D eigenvalue weighted by molar-refractivity contribution is 5.96. The molecule has 32 heavy (non-hydrogen) atoms. The van der Waals surface area contributed by atoms with Gasteiger partial charge in [0, 0.05) is 31.1 Å². The summed E-state index contributed by atoms with van der Waals surface area (Å²) in [6.07, 6.45) is 3.86. The lowest BCUT2D eigenvalue weighted by Crippen LogP contribution is -2.41. The molecule has 5 rings (SSSR count). The summed E-state index contributed by atoms with van der Waals surface area (Å²) in [6, 6.07) is 4.99. The molecule has 9 nitrogen and oxygen atoms in total. The molecule has 0 saturated carbocycles. The second kappa shape index (κ2) is 7.56. The lowest BCUT2D eigenvalue weighted by Gasteiger charge is -2.11. The van der Waals surface area contributed by atoms with Crippen molar-refractivity contribution in [2.75, 3.05) is 6.61 Å². The van der Waals surface area contributed by atoms with E-state index >= 15 is 0 Å². The fraction of sp³-hybridized carbons (Fsp3) is 0.364. The van der Waals surface area contributed by atoms with Crippen LogP contribution in [0.3, 0.4) is 0 Å². The van der Waals surface area contributed by atoms with E-state index < -0.39 is 29.4 Å². The smallest absolute Gasteiger partial charge is 0.332 e. The number of nitrogens with zero attached hydrogens (tertiary/aromatic N) is 5. The molecule has 0 amide bonds. The standard InChI is InChI=1S/C22H22FN5O4/c1-13-10-27-18-19(24-21(27)26(13)11-16-4-3-9-32-16)25(2)22(31)28(20(18)30)12-17(29)14-5-7-15(23)8-6-14/h5-8,10,16H,3-4,9,11-12H2,1-2H3/t16-/m0/s1. The number of rotatable bonds is 5. The van der Waals surface area contributed by atoms with E-state index in [1.807, 2.05) is 11.5 Å². The first-order valence-electron chi connectivity index (χ1n) is 10.4. The number of hydrogen-bond donors (Lipinski definition) is 0. The molecule has 0 bridgehead atoms. The summed E-state index contributed by atoms with van der Waals surface area (Å²) in [5, 5.41) is 0. The Balaban J connectivity index is 1.63. The van der Waals surface area contributed by atoms with Crippen molar-refractivity contribution in [1.82, 2.24) is 23.1 Å². The molecule has 0 unspecified atom stereocenters. The number of fused-ring (bicyclic) bond motifs is 3. The van der Waals surface area contributed by atoms with Gasteiger partial charge >= 0.3 is 5.69 Å². The molecule has 10 heteroatoms. The number of ether oxygens (including phenoxy) is 1. The Morgan fingerprint density at radius 1 is 1.22 bits per heavy atom. The molecule has 0 aliphatic carbocycles. The molecule has 166 valence electrons. The summed E-state index contributed by atoms with van der Waals surface area (Å²) >= 11 is 0. The molecule has 0 spiro atoms. The first-order valence-corrected chi connectivity index (χ1v) is 10.4. The van der Waals surface area contributed by atoms with Crippen molar-refractivity contribution in [3.05, 3.63) is 68.4 Å². The van der Waals surface area contributed by atoms with Crippen molar-refractivity contribution in [1.29, 1.82) is 0 Å². The highest BCUT2D eigenvalue weighted by atomic mass is 19.1. The number of hydrogen-bond acceptors (Lipinski definition) is 5. The second-order valence-corrected chi connectivity index (χ2v) is 8.13. The van der Waals surface area contributed by atoms with E-state index in [0.29, 0.717) is 12.3 Å². The van der Waals surface area contributed by atoms with E-state index in [9.17, 15) is 18.8 Å². The molecule has 1 aliphatic heterocycles.